The van der Waals surface area contributed by atoms with Crippen LogP contribution >= 0.6 is 0 Å². The zero-order valence-electron chi connectivity index (χ0n) is 10.4. The highest BCUT2D eigenvalue weighted by Gasteiger charge is 2.23. The zero-order valence-corrected chi connectivity index (χ0v) is 10.4. The molecule has 5 heteroatoms. The average molecular weight is 250 g/mol. The summed E-state index contributed by atoms with van der Waals surface area (Å²) in [5, 5.41) is 14.6. The van der Waals surface area contributed by atoms with Crippen LogP contribution in [0.1, 0.15) is 12.5 Å². The standard InChI is InChI=1S/C13H18N2O3/c1-9-13(17)15-11-8-10(2-3-12(11)18-9)4-5-14-6-7-16/h2-3,8-9,14,16H,4-7H2,1H3,(H,15,17). The Balaban J connectivity index is 1.99. The predicted molar refractivity (Wildman–Crippen MR) is 68.8 cm³/mol. The molecule has 0 radical (unpaired) electrons. The fourth-order valence-corrected chi connectivity index (χ4v) is 1.85. The number of nitrogens with one attached hydrogen (secondary N) is 2. The minimum atomic E-state index is -0.436. The Kier molecular flexibility index (Phi) is 4.17. The Bertz CT molecular complexity index is 434. The second-order valence-electron chi connectivity index (χ2n) is 4.30. The molecule has 1 aromatic rings. The Morgan fingerprint density at radius 1 is 1.44 bits per heavy atom. The summed E-state index contributed by atoms with van der Waals surface area (Å²) in [7, 11) is 0. The molecule has 2 rings (SSSR count). The van der Waals surface area contributed by atoms with Crippen molar-refractivity contribution in [3.8, 4) is 5.75 Å². The number of hydrogen-bond acceptors (Lipinski definition) is 4. The highest BCUT2D eigenvalue weighted by atomic mass is 16.5. The molecule has 3 N–H and O–H groups in total. The van der Waals surface area contributed by atoms with Gasteiger partial charge >= 0.3 is 0 Å². The second-order valence-corrected chi connectivity index (χ2v) is 4.30. The van der Waals surface area contributed by atoms with Crippen molar-refractivity contribution < 1.29 is 14.6 Å². The number of aliphatic hydroxyl groups excluding tert-OH is 1. The predicted octanol–water partition coefficient (Wildman–Crippen LogP) is 0.530. The van der Waals surface area contributed by atoms with Gasteiger partial charge in [0.05, 0.1) is 12.3 Å². The van der Waals surface area contributed by atoms with Crippen LogP contribution in [-0.2, 0) is 11.2 Å². The van der Waals surface area contributed by atoms with Gasteiger partial charge in [0, 0.05) is 6.54 Å². The number of rotatable bonds is 5. The lowest BCUT2D eigenvalue weighted by Gasteiger charge is -2.23. The molecule has 18 heavy (non-hydrogen) atoms. The van der Waals surface area contributed by atoms with Crippen LogP contribution in [0.3, 0.4) is 0 Å². The number of fused-ring (bicyclic) bond motifs is 1. The normalized spacial score (nSPS) is 17.9. The summed E-state index contributed by atoms with van der Waals surface area (Å²) in [4.78, 5) is 11.5. The molecule has 0 saturated heterocycles. The maximum absolute atomic E-state index is 11.5. The Labute approximate surface area is 106 Å². The van der Waals surface area contributed by atoms with E-state index in [0.29, 0.717) is 12.3 Å². The third-order valence-electron chi connectivity index (χ3n) is 2.85. The van der Waals surface area contributed by atoms with Gasteiger partial charge in [0.2, 0.25) is 0 Å². The molecule has 1 aromatic carbocycles. The molecule has 0 fully saturated rings. The number of amides is 1. The molecule has 1 atom stereocenters. The molecule has 1 aliphatic heterocycles. The van der Waals surface area contributed by atoms with Crippen LogP contribution in [0.4, 0.5) is 5.69 Å². The fourth-order valence-electron chi connectivity index (χ4n) is 1.85. The summed E-state index contributed by atoms with van der Waals surface area (Å²) in [5.74, 6) is 0.604. The van der Waals surface area contributed by atoms with Crippen molar-refractivity contribution in [3.63, 3.8) is 0 Å². The number of aliphatic hydroxyl groups is 1. The first-order valence-corrected chi connectivity index (χ1v) is 6.12. The minimum absolute atomic E-state index is 0.113. The van der Waals surface area contributed by atoms with Crippen LogP contribution in [0.5, 0.6) is 5.75 Å². The maximum atomic E-state index is 11.5. The van der Waals surface area contributed by atoms with Crippen LogP contribution < -0.4 is 15.4 Å². The van der Waals surface area contributed by atoms with Gasteiger partial charge in [-0.1, -0.05) is 6.07 Å². The van der Waals surface area contributed by atoms with Gasteiger partial charge in [-0.2, -0.15) is 0 Å². The molecule has 1 amide bonds. The quantitative estimate of drug-likeness (QED) is 0.667. The highest BCUT2D eigenvalue weighted by Crippen LogP contribution is 2.30. The maximum Gasteiger partial charge on any atom is 0.265 e. The van der Waals surface area contributed by atoms with Crippen LogP contribution in [-0.4, -0.2) is 36.8 Å². The lowest BCUT2D eigenvalue weighted by atomic mass is 10.1. The number of hydrogen-bond donors (Lipinski definition) is 3. The molecule has 98 valence electrons. The molecular formula is C13H18N2O3. The summed E-state index contributed by atoms with van der Waals surface area (Å²) in [6, 6.07) is 5.80. The molecule has 0 spiro atoms. The first kappa shape index (κ1) is 12.9. The molecule has 0 aliphatic carbocycles. The summed E-state index contributed by atoms with van der Waals surface area (Å²) in [5.41, 5.74) is 1.86. The van der Waals surface area contributed by atoms with E-state index in [4.69, 9.17) is 9.84 Å². The minimum Gasteiger partial charge on any atom is -0.479 e. The topological polar surface area (TPSA) is 70.6 Å². The number of anilines is 1. The number of carbonyl (C=O) groups is 1. The Morgan fingerprint density at radius 3 is 3.06 bits per heavy atom. The van der Waals surface area contributed by atoms with Crippen molar-refractivity contribution in [2.24, 2.45) is 0 Å². The van der Waals surface area contributed by atoms with Gasteiger partial charge in [-0.3, -0.25) is 4.79 Å². The zero-order chi connectivity index (χ0) is 13.0. The van der Waals surface area contributed by atoms with Gasteiger partial charge in [-0.05, 0) is 37.6 Å². The summed E-state index contributed by atoms with van der Waals surface area (Å²) in [6.45, 7) is 3.27. The van der Waals surface area contributed by atoms with E-state index in [2.05, 4.69) is 10.6 Å². The van der Waals surface area contributed by atoms with E-state index in [9.17, 15) is 4.79 Å². The molecule has 1 unspecified atom stereocenters. The molecule has 1 aliphatic rings. The Morgan fingerprint density at radius 2 is 2.28 bits per heavy atom. The largest absolute Gasteiger partial charge is 0.479 e. The van der Waals surface area contributed by atoms with Crippen LogP contribution in [0.2, 0.25) is 0 Å². The first-order chi connectivity index (χ1) is 8.70. The van der Waals surface area contributed by atoms with Crippen molar-refractivity contribution in [2.75, 3.05) is 25.0 Å². The third-order valence-corrected chi connectivity index (χ3v) is 2.85. The van der Waals surface area contributed by atoms with E-state index in [1.54, 1.807) is 6.92 Å². The van der Waals surface area contributed by atoms with Gasteiger partial charge < -0.3 is 20.5 Å². The van der Waals surface area contributed by atoms with Crippen LogP contribution in [0.15, 0.2) is 18.2 Å². The third kappa shape index (κ3) is 3.00. The van der Waals surface area contributed by atoms with Crippen LogP contribution in [0.25, 0.3) is 0 Å². The fraction of sp³-hybridized carbons (Fsp3) is 0.462. The SMILES string of the molecule is CC1Oc2ccc(CCNCCO)cc2NC1=O. The van der Waals surface area contributed by atoms with Gasteiger partial charge in [-0.25, -0.2) is 0 Å². The van der Waals surface area contributed by atoms with E-state index >= 15 is 0 Å². The van der Waals surface area contributed by atoms with Crippen molar-refractivity contribution in [1.29, 1.82) is 0 Å². The van der Waals surface area contributed by atoms with Gasteiger partial charge in [0.25, 0.3) is 5.91 Å². The summed E-state index contributed by atoms with van der Waals surface area (Å²) < 4.78 is 5.48. The number of ether oxygens (including phenoxy) is 1. The highest BCUT2D eigenvalue weighted by molar-refractivity contribution is 5.97. The second kappa shape index (κ2) is 5.84. The van der Waals surface area contributed by atoms with Gasteiger partial charge in [0.15, 0.2) is 6.10 Å². The Hall–Kier alpha value is -1.59. The molecule has 1 heterocycles. The first-order valence-electron chi connectivity index (χ1n) is 6.12. The summed E-state index contributed by atoms with van der Waals surface area (Å²) >= 11 is 0. The molecule has 5 nitrogen and oxygen atoms in total. The molecule has 0 aromatic heterocycles. The lowest BCUT2D eigenvalue weighted by Crippen LogP contribution is -2.34. The van der Waals surface area contributed by atoms with Gasteiger partial charge in [-0.15, -0.1) is 0 Å². The average Bonchev–Trinajstić information content (AvgIpc) is 2.36. The summed E-state index contributed by atoms with van der Waals surface area (Å²) in [6.07, 6.45) is 0.410. The smallest absolute Gasteiger partial charge is 0.265 e. The van der Waals surface area contributed by atoms with E-state index in [1.807, 2.05) is 18.2 Å². The number of benzene rings is 1. The van der Waals surface area contributed by atoms with E-state index in [-0.39, 0.29) is 12.5 Å². The van der Waals surface area contributed by atoms with Crippen molar-refractivity contribution in [2.45, 2.75) is 19.4 Å². The molecule has 0 bridgehead atoms. The van der Waals surface area contributed by atoms with Crippen molar-refractivity contribution in [1.82, 2.24) is 5.32 Å². The monoisotopic (exact) mass is 250 g/mol. The molecule has 0 saturated carbocycles. The van der Waals surface area contributed by atoms with E-state index in [1.165, 1.54) is 0 Å². The van der Waals surface area contributed by atoms with Crippen molar-refractivity contribution in [3.05, 3.63) is 23.8 Å². The van der Waals surface area contributed by atoms with Crippen LogP contribution in [0, 0.1) is 0 Å². The van der Waals surface area contributed by atoms with Crippen molar-refractivity contribution >= 4 is 11.6 Å². The van der Waals surface area contributed by atoms with E-state index < -0.39 is 6.10 Å². The van der Waals surface area contributed by atoms with Gasteiger partial charge in [0.1, 0.15) is 5.75 Å². The lowest BCUT2D eigenvalue weighted by molar-refractivity contribution is -0.122. The number of carbonyl (C=O) groups excluding carboxylic acids is 1. The molecular weight excluding hydrogens is 232 g/mol. The van der Waals surface area contributed by atoms with E-state index in [0.717, 1.165) is 24.2 Å².